The van der Waals surface area contributed by atoms with Crippen LogP contribution in [0.2, 0.25) is 0 Å². The summed E-state index contributed by atoms with van der Waals surface area (Å²) in [4.78, 5) is 0. The number of methoxy groups -OCH3 is 2. The summed E-state index contributed by atoms with van der Waals surface area (Å²) in [6.45, 7) is 5.14. The minimum Gasteiger partial charge on any atom is -0.497 e. The van der Waals surface area contributed by atoms with Gasteiger partial charge in [0.1, 0.15) is 5.75 Å². The molecule has 3 atom stereocenters. The first kappa shape index (κ1) is 20.7. The summed E-state index contributed by atoms with van der Waals surface area (Å²) >= 11 is 2.45. The van der Waals surface area contributed by atoms with Crippen LogP contribution in [0.25, 0.3) is 0 Å². The van der Waals surface area contributed by atoms with Gasteiger partial charge in [-0.25, -0.2) is 0 Å². The Hall–Kier alpha value is -0.330. The van der Waals surface area contributed by atoms with Gasteiger partial charge in [-0.1, -0.05) is 55.0 Å². The van der Waals surface area contributed by atoms with Crippen molar-refractivity contribution in [2.75, 3.05) is 18.6 Å². The molecule has 1 aromatic rings. The van der Waals surface area contributed by atoms with Crippen molar-refractivity contribution in [1.82, 2.24) is 0 Å². The van der Waals surface area contributed by atoms with Gasteiger partial charge in [-0.15, -0.1) is 0 Å². The van der Waals surface area contributed by atoms with Gasteiger partial charge in [0, 0.05) is 11.5 Å². The Balaban J connectivity index is 2.52. The topological polar surface area (TPSA) is 27.7 Å². The van der Waals surface area contributed by atoms with E-state index in [1.165, 1.54) is 9.99 Å². The monoisotopic (exact) mass is 434 g/mol. The number of hydrogen-bond acceptors (Lipinski definition) is 3. The molecule has 4 heteroatoms. The van der Waals surface area contributed by atoms with Crippen LogP contribution in [0.5, 0.6) is 5.75 Å². The molecule has 0 aliphatic carbocycles. The normalized spacial score (nSPS) is 15.2. The number of rotatable bonds is 12. The van der Waals surface area contributed by atoms with Crippen molar-refractivity contribution in [2.24, 2.45) is 5.92 Å². The van der Waals surface area contributed by atoms with Crippen LogP contribution >= 0.6 is 22.6 Å². The minimum atomic E-state index is 0.258. The van der Waals surface area contributed by atoms with Crippen LogP contribution in [0.15, 0.2) is 24.3 Å². The summed E-state index contributed by atoms with van der Waals surface area (Å²) in [5.41, 5.74) is 1.18. The molecule has 0 unspecified atom stereocenters. The van der Waals surface area contributed by atoms with E-state index in [1.807, 2.05) is 19.2 Å². The van der Waals surface area contributed by atoms with Gasteiger partial charge < -0.3 is 14.2 Å². The Morgan fingerprint density at radius 3 is 2.26 bits per heavy atom. The molecule has 0 amide bonds. The Morgan fingerprint density at radius 2 is 1.74 bits per heavy atom. The fraction of sp³-hybridized carbons (Fsp3) is 0.684. The smallest absolute Gasteiger partial charge is 0.118 e. The predicted octanol–water partition coefficient (Wildman–Crippen LogP) is 5.25. The Morgan fingerprint density at radius 1 is 1.04 bits per heavy atom. The molecular weight excluding hydrogens is 403 g/mol. The Labute approximate surface area is 155 Å². The van der Waals surface area contributed by atoms with Crippen LogP contribution < -0.4 is 4.74 Å². The van der Waals surface area contributed by atoms with E-state index in [2.05, 4.69) is 48.6 Å². The van der Waals surface area contributed by atoms with E-state index in [0.29, 0.717) is 12.5 Å². The molecule has 0 N–H and O–H groups in total. The second-order valence-corrected chi connectivity index (χ2v) is 7.04. The fourth-order valence-corrected chi connectivity index (χ4v) is 2.98. The van der Waals surface area contributed by atoms with Gasteiger partial charge in [0.05, 0.1) is 25.9 Å². The van der Waals surface area contributed by atoms with Crippen molar-refractivity contribution in [1.29, 1.82) is 0 Å². The molecule has 132 valence electrons. The van der Waals surface area contributed by atoms with E-state index in [1.54, 1.807) is 7.11 Å². The summed E-state index contributed by atoms with van der Waals surface area (Å²) in [6.07, 6.45) is 4.83. The van der Waals surface area contributed by atoms with E-state index in [-0.39, 0.29) is 12.2 Å². The average Bonchev–Trinajstić information content (AvgIpc) is 2.59. The summed E-state index contributed by atoms with van der Waals surface area (Å²) < 4.78 is 18.2. The molecule has 0 spiro atoms. The lowest BCUT2D eigenvalue weighted by Gasteiger charge is -2.24. The third-order valence-electron chi connectivity index (χ3n) is 4.04. The van der Waals surface area contributed by atoms with Crippen LogP contribution in [0.4, 0.5) is 0 Å². The minimum absolute atomic E-state index is 0.258. The molecule has 0 heterocycles. The molecule has 3 nitrogen and oxygen atoms in total. The lowest BCUT2D eigenvalue weighted by Crippen LogP contribution is -2.24. The third-order valence-corrected chi connectivity index (χ3v) is 5.55. The Bertz CT molecular complexity index is 408. The number of hydrogen-bond donors (Lipinski definition) is 0. The van der Waals surface area contributed by atoms with Crippen molar-refractivity contribution < 1.29 is 14.2 Å². The largest absolute Gasteiger partial charge is 0.497 e. The maximum atomic E-state index is 6.17. The number of halogens is 1. The predicted molar refractivity (Wildman–Crippen MR) is 105 cm³/mol. The lowest BCUT2D eigenvalue weighted by molar-refractivity contribution is -0.0182. The quantitative estimate of drug-likeness (QED) is 0.332. The van der Waals surface area contributed by atoms with Gasteiger partial charge in [0.25, 0.3) is 0 Å². The summed E-state index contributed by atoms with van der Waals surface area (Å²) in [6, 6.07) is 8.09. The molecule has 0 saturated carbocycles. The number of ether oxygens (including phenoxy) is 3. The molecule has 0 saturated heterocycles. The van der Waals surface area contributed by atoms with Crippen molar-refractivity contribution >= 4 is 22.6 Å². The van der Waals surface area contributed by atoms with Gasteiger partial charge in [-0.05, 0) is 42.9 Å². The zero-order chi connectivity index (χ0) is 17.1. The maximum Gasteiger partial charge on any atom is 0.118 e. The zero-order valence-corrected chi connectivity index (χ0v) is 17.0. The van der Waals surface area contributed by atoms with Crippen LogP contribution in [-0.2, 0) is 16.1 Å². The molecular formula is C19H31IO3. The zero-order valence-electron chi connectivity index (χ0n) is 14.9. The second-order valence-electron chi connectivity index (χ2n) is 6.16. The molecule has 0 bridgehead atoms. The standard InChI is InChI=1S/C19H31IO3/c1-5-6-18(12-19(22-4)11-15(2)13-20)23-14-16-7-9-17(21-3)10-8-16/h7-10,15,18-19H,5-6,11-14H2,1-4H3/t15-,18-,19-/m0/s1. The van der Waals surface area contributed by atoms with Crippen LogP contribution in [0, 0.1) is 5.92 Å². The number of alkyl halides is 1. The van der Waals surface area contributed by atoms with Gasteiger partial charge >= 0.3 is 0 Å². The van der Waals surface area contributed by atoms with Crippen molar-refractivity contribution in [2.45, 2.75) is 58.3 Å². The molecule has 0 aromatic heterocycles. The first-order valence-corrected chi connectivity index (χ1v) is 9.98. The molecule has 0 aliphatic heterocycles. The molecule has 0 radical (unpaired) electrons. The molecule has 1 rings (SSSR count). The highest BCUT2D eigenvalue weighted by Crippen LogP contribution is 2.20. The highest BCUT2D eigenvalue weighted by Gasteiger charge is 2.18. The molecule has 0 fully saturated rings. The van der Waals surface area contributed by atoms with E-state index in [4.69, 9.17) is 14.2 Å². The van der Waals surface area contributed by atoms with Gasteiger partial charge in [0.2, 0.25) is 0 Å². The van der Waals surface area contributed by atoms with Crippen LogP contribution in [-0.4, -0.2) is 30.9 Å². The van der Waals surface area contributed by atoms with E-state index < -0.39 is 0 Å². The van der Waals surface area contributed by atoms with Crippen LogP contribution in [0.3, 0.4) is 0 Å². The van der Waals surface area contributed by atoms with Gasteiger partial charge in [0.15, 0.2) is 0 Å². The van der Waals surface area contributed by atoms with E-state index in [9.17, 15) is 0 Å². The third kappa shape index (κ3) is 8.36. The van der Waals surface area contributed by atoms with Gasteiger partial charge in [-0.2, -0.15) is 0 Å². The average molecular weight is 434 g/mol. The Kier molecular flexibility index (Phi) is 10.9. The van der Waals surface area contributed by atoms with Crippen LogP contribution in [0.1, 0.15) is 45.1 Å². The SMILES string of the molecule is CCC[C@@H](C[C@H](C[C@H](C)CI)OC)OCc1ccc(OC)cc1. The second kappa shape index (κ2) is 12.1. The number of benzene rings is 1. The fourth-order valence-electron chi connectivity index (χ4n) is 2.62. The molecule has 1 aromatic carbocycles. The van der Waals surface area contributed by atoms with Crippen molar-refractivity contribution in [3.63, 3.8) is 0 Å². The summed E-state index contributed by atoms with van der Waals surface area (Å²) in [5, 5.41) is 0. The first-order valence-electron chi connectivity index (χ1n) is 8.46. The van der Waals surface area contributed by atoms with Crippen molar-refractivity contribution in [3.05, 3.63) is 29.8 Å². The highest BCUT2D eigenvalue weighted by molar-refractivity contribution is 14.1. The summed E-state index contributed by atoms with van der Waals surface area (Å²) in [7, 11) is 3.50. The maximum absolute atomic E-state index is 6.17. The molecule has 0 aliphatic rings. The van der Waals surface area contributed by atoms with Gasteiger partial charge in [-0.3, -0.25) is 0 Å². The van der Waals surface area contributed by atoms with E-state index >= 15 is 0 Å². The van der Waals surface area contributed by atoms with E-state index in [0.717, 1.165) is 31.4 Å². The summed E-state index contributed by atoms with van der Waals surface area (Å²) in [5.74, 6) is 1.57. The lowest BCUT2D eigenvalue weighted by atomic mass is 9.99. The first-order chi connectivity index (χ1) is 11.1. The van der Waals surface area contributed by atoms with Crippen molar-refractivity contribution in [3.8, 4) is 5.75 Å². The highest BCUT2D eigenvalue weighted by atomic mass is 127. The molecule has 23 heavy (non-hydrogen) atoms.